The number of amides is 2. The summed E-state index contributed by atoms with van der Waals surface area (Å²) < 4.78 is 17.8. The zero-order chi connectivity index (χ0) is 25.5. The number of aryl methyl sites for hydroxylation is 1. The van der Waals surface area contributed by atoms with Gasteiger partial charge in [0.05, 0.1) is 7.11 Å². The van der Waals surface area contributed by atoms with E-state index in [1.54, 1.807) is 29.0 Å². The molecule has 2 fully saturated rings. The van der Waals surface area contributed by atoms with Crippen molar-refractivity contribution in [3.63, 3.8) is 0 Å². The molecule has 0 unspecified atom stereocenters. The van der Waals surface area contributed by atoms with Crippen LogP contribution in [0.1, 0.15) is 6.42 Å². The third kappa shape index (κ3) is 4.42. The molecule has 192 valence electrons. The Hall–Kier alpha value is -4.26. The van der Waals surface area contributed by atoms with Crippen molar-refractivity contribution >= 4 is 34.7 Å². The van der Waals surface area contributed by atoms with Crippen LogP contribution in [0.3, 0.4) is 0 Å². The SMILES string of the molecule is COc1ncc2ccc(=O)n(CCCN3C[C@@H]4CN(c5ccc6c(n5)NC(=O)CO6)C(=O)O[C@H]4C3)c2n1. The number of hydrogen-bond donors (Lipinski definition) is 1. The molecule has 0 spiro atoms. The lowest BCUT2D eigenvalue weighted by atomic mass is 10.0. The number of methoxy groups -OCH3 is 1. The fourth-order valence-electron chi connectivity index (χ4n) is 5.03. The van der Waals surface area contributed by atoms with E-state index in [0.717, 1.165) is 18.5 Å². The molecule has 6 heterocycles. The molecule has 6 rings (SSSR count). The van der Waals surface area contributed by atoms with Crippen molar-refractivity contribution in [2.24, 2.45) is 5.92 Å². The van der Waals surface area contributed by atoms with Gasteiger partial charge in [0.15, 0.2) is 18.2 Å². The van der Waals surface area contributed by atoms with Gasteiger partial charge in [0, 0.05) is 56.3 Å². The van der Waals surface area contributed by atoms with Gasteiger partial charge in [-0.15, -0.1) is 0 Å². The van der Waals surface area contributed by atoms with Crippen molar-refractivity contribution < 1.29 is 23.8 Å². The summed E-state index contributed by atoms with van der Waals surface area (Å²) in [6.45, 7) is 3.00. The predicted molar refractivity (Wildman–Crippen MR) is 131 cm³/mol. The number of nitrogens with zero attached hydrogens (tertiary/aromatic N) is 6. The lowest BCUT2D eigenvalue weighted by Crippen LogP contribution is -2.48. The topological polar surface area (TPSA) is 141 Å². The quantitative estimate of drug-likeness (QED) is 0.511. The normalized spacial score (nSPS) is 21.2. The minimum Gasteiger partial charge on any atom is -0.480 e. The summed E-state index contributed by atoms with van der Waals surface area (Å²) in [5, 5.41) is 3.43. The van der Waals surface area contributed by atoms with Gasteiger partial charge in [-0.2, -0.15) is 4.98 Å². The molecule has 0 saturated carbocycles. The average Bonchev–Trinajstić information content (AvgIpc) is 3.30. The Bertz CT molecular complexity index is 1440. The molecule has 2 amide bonds. The Morgan fingerprint density at radius 3 is 2.84 bits per heavy atom. The minimum atomic E-state index is -0.463. The van der Waals surface area contributed by atoms with Crippen LogP contribution in [0.15, 0.2) is 35.3 Å². The first-order valence-electron chi connectivity index (χ1n) is 12.0. The highest BCUT2D eigenvalue weighted by atomic mass is 16.6. The van der Waals surface area contributed by atoms with Crippen molar-refractivity contribution in [1.29, 1.82) is 0 Å². The summed E-state index contributed by atoms with van der Waals surface area (Å²) in [5.41, 5.74) is 0.408. The molecule has 13 heteroatoms. The predicted octanol–water partition coefficient (Wildman–Crippen LogP) is 0.873. The van der Waals surface area contributed by atoms with E-state index in [2.05, 4.69) is 25.2 Å². The van der Waals surface area contributed by atoms with E-state index >= 15 is 0 Å². The molecule has 0 radical (unpaired) electrons. The number of pyridine rings is 2. The van der Waals surface area contributed by atoms with E-state index in [1.165, 1.54) is 18.1 Å². The van der Waals surface area contributed by atoms with Gasteiger partial charge in [-0.1, -0.05) is 0 Å². The maximum atomic E-state index is 12.8. The zero-order valence-corrected chi connectivity index (χ0v) is 20.1. The Morgan fingerprint density at radius 1 is 1.08 bits per heavy atom. The first-order chi connectivity index (χ1) is 18.0. The number of fused-ring (bicyclic) bond motifs is 3. The zero-order valence-electron chi connectivity index (χ0n) is 20.1. The number of hydrogen-bond acceptors (Lipinski definition) is 10. The molecule has 0 aromatic carbocycles. The van der Waals surface area contributed by atoms with Gasteiger partial charge in [0.1, 0.15) is 17.6 Å². The molecule has 0 aliphatic carbocycles. The number of carbonyl (C=O) groups excluding carboxylic acids is 2. The maximum absolute atomic E-state index is 12.8. The molecule has 3 aliphatic rings. The average molecular weight is 508 g/mol. The minimum absolute atomic E-state index is 0.0591. The van der Waals surface area contributed by atoms with Crippen molar-refractivity contribution in [1.82, 2.24) is 24.4 Å². The first-order valence-corrected chi connectivity index (χ1v) is 12.0. The Kier molecular flexibility index (Phi) is 5.83. The van der Waals surface area contributed by atoms with Crippen LogP contribution in [0.2, 0.25) is 0 Å². The summed E-state index contributed by atoms with van der Waals surface area (Å²) in [4.78, 5) is 53.5. The molecule has 3 aromatic heterocycles. The van der Waals surface area contributed by atoms with Crippen molar-refractivity contribution in [2.45, 2.75) is 19.1 Å². The van der Waals surface area contributed by atoms with Crippen molar-refractivity contribution in [3.8, 4) is 11.8 Å². The molecule has 1 N–H and O–H groups in total. The molecular weight excluding hydrogens is 482 g/mol. The van der Waals surface area contributed by atoms with Gasteiger partial charge in [-0.3, -0.25) is 24.0 Å². The number of likely N-dealkylation sites (tertiary alicyclic amines) is 1. The molecule has 3 aliphatic heterocycles. The molecule has 2 saturated heterocycles. The summed E-state index contributed by atoms with van der Waals surface area (Å²) in [6.07, 6.45) is 1.69. The summed E-state index contributed by atoms with van der Waals surface area (Å²) >= 11 is 0. The second kappa shape index (κ2) is 9.32. The van der Waals surface area contributed by atoms with Crippen LogP contribution in [0.25, 0.3) is 11.0 Å². The van der Waals surface area contributed by atoms with E-state index in [4.69, 9.17) is 14.2 Å². The summed E-state index contributed by atoms with van der Waals surface area (Å²) in [6, 6.07) is 6.81. The van der Waals surface area contributed by atoms with Gasteiger partial charge in [-0.05, 0) is 24.6 Å². The number of ether oxygens (including phenoxy) is 3. The van der Waals surface area contributed by atoms with Gasteiger partial charge in [-0.25, -0.2) is 14.8 Å². The number of nitrogens with one attached hydrogen (secondary N) is 1. The molecule has 0 bridgehead atoms. The number of anilines is 2. The van der Waals surface area contributed by atoms with Crippen LogP contribution in [0.5, 0.6) is 11.8 Å². The highest BCUT2D eigenvalue weighted by Gasteiger charge is 2.42. The Balaban J connectivity index is 1.10. The van der Waals surface area contributed by atoms with Crippen LogP contribution < -0.4 is 25.2 Å². The fraction of sp³-hybridized carbons (Fsp3) is 0.417. The maximum Gasteiger partial charge on any atom is 0.415 e. The van der Waals surface area contributed by atoms with Crippen molar-refractivity contribution in [2.75, 3.05) is 50.1 Å². The van der Waals surface area contributed by atoms with Crippen LogP contribution in [0.4, 0.5) is 16.4 Å². The summed E-state index contributed by atoms with van der Waals surface area (Å²) in [7, 11) is 1.49. The van der Waals surface area contributed by atoms with Gasteiger partial charge in [0.2, 0.25) is 0 Å². The van der Waals surface area contributed by atoms with Gasteiger partial charge in [0.25, 0.3) is 11.5 Å². The molecule has 13 nitrogen and oxygen atoms in total. The van der Waals surface area contributed by atoms with Crippen LogP contribution in [-0.2, 0) is 16.1 Å². The second-order valence-electron chi connectivity index (χ2n) is 9.22. The van der Waals surface area contributed by atoms with Gasteiger partial charge >= 0.3 is 12.1 Å². The third-order valence-electron chi connectivity index (χ3n) is 6.82. The standard InChI is InChI=1S/C24H25N7O6/c1-35-23-25-9-14-3-6-20(33)30(22(14)28-23)8-2-7-29-10-15-11-31(24(34)37-17(15)12-29)18-5-4-16-21(26-18)27-19(32)13-36-16/h3-6,9,15,17H,2,7-8,10-13H2,1H3,(H,26,27,32)/t15-,17+/m1/s1. The Morgan fingerprint density at radius 2 is 1.97 bits per heavy atom. The van der Waals surface area contributed by atoms with Crippen LogP contribution >= 0.6 is 0 Å². The van der Waals surface area contributed by atoms with E-state index < -0.39 is 6.09 Å². The molecular formula is C24H25N7O6. The monoisotopic (exact) mass is 507 g/mol. The van der Waals surface area contributed by atoms with E-state index in [-0.39, 0.29) is 36.1 Å². The van der Waals surface area contributed by atoms with Crippen LogP contribution in [0, 0.1) is 5.92 Å². The lowest BCUT2D eigenvalue weighted by molar-refractivity contribution is -0.118. The van der Waals surface area contributed by atoms with E-state index in [0.29, 0.717) is 49.1 Å². The summed E-state index contributed by atoms with van der Waals surface area (Å²) in [5.74, 6) is 0.984. The highest BCUT2D eigenvalue weighted by molar-refractivity contribution is 5.95. The second-order valence-corrected chi connectivity index (χ2v) is 9.22. The van der Waals surface area contributed by atoms with Crippen molar-refractivity contribution in [3.05, 3.63) is 40.8 Å². The van der Waals surface area contributed by atoms with Crippen LogP contribution in [-0.4, -0.2) is 82.4 Å². The van der Waals surface area contributed by atoms with E-state index in [9.17, 15) is 14.4 Å². The smallest absolute Gasteiger partial charge is 0.415 e. The Labute approximate surface area is 211 Å². The number of carbonyl (C=O) groups is 2. The largest absolute Gasteiger partial charge is 0.480 e. The molecule has 2 atom stereocenters. The number of rotatable bonds is 6. The fourth-order valence-corrected chi connectivity index (χ4v) is 5.03. The van der Waals surface area contributed by atoms with E-state index in [1.807, 2.05) is 0 Å². The highest BCUT2D eigenvalue weighted by Crippen LogP contribution is 2.32. The third-order valence-corrected chi connectivity index (χ3v) is 6.82. The first kappa shape index (κ1) is 23.2. The molecule has 37 heavy (non-hydrogen) atoms. The lowest BCUT2D eigenvalue weighted by Gasteiger charge is -2.33. The molecule has 3 aromatic rings. The van der Waals surface area contributed by atoms with Gasteiger partial charge < -0.3 is 19.5 Å². The number of aromatic nitrogens is 4.